The van der Waals surface area contributed by atoms with Crippen LogP contribution in [0.15, 0.2) is 41.8 Å². The third-order valence-corrected chi connectivity index (χ3v) is 5.99. The first-order chi connectivity index (χ1) is 14.2. The first kappa shape index (κ1) is 19.6. The number of ether oxygens (including phenoxy) is 2. The van der Waals surface area contributed by atoms with Crippen LogP contribution in [0.4, 0.5) is 5.95 Å². The first-order valence-corrected chi connectivity index (χ1v) is 10.5. The highest BCUT2D eigenvalue weighted by Gasteiger charge is 2.48. The van der Waals surface area contributed by atoms with Crippen molar-refractivity contribution in [3.8, 4) is 0 Å². The number of methoxy groups -OCH3 is 1. The van der Waals surface area contributed by atoms with Gasteiger partial charge in [0.15, 0.2) is 5.92 Å². The van der Waals surface area contributed by atoms with Gasteiger partial charge in [-0.15, -0.1) is 11.3 Å². The molecule has 0 radical (unpaired) electrons. The lowest BCUT2D eigenvalue weighted by atomic mass is 9.94. The minimum atomic E-state index is -0.957. The molecule has 2 atom stereocenters. The number of fused-ring (bicyclic) bond motifs is 3. The van der Waals surface area contributed by atoms with Crippen molar-refractivity contribution in [3.05, 3.63) is 46.7 Å². The monoisotopic (exact) mass is 413 g/mol. The Kier molecular flexibility index (Phi) is 5.64. The molecule has 0 aliphatic carbocycles. The smallest absolute Gasteiger partial charge is 0.321 e. The molecule has 2 unspecified atom stereocenters. The molecule has 1 amide bonds. The van der Waals surface area contributed by atoms with Crippen LogP contribution in [0.1, 0.15) is 24.3 Å². The number of rotatable bonds is 7. The van der Waals surface area contributed by atoms with Crippen molar-refractivity contribution < 1.29 is 19.1 Å². The Morgan fingerprint density at radius 1 is 1.24 bits per heavy atom. The summed E-state index contributed by atoms with van der Waals surface area (Å²) in [6, 6.07) is 11.1. The summed E-state index contributed by atoms with van der Waals surface area (Å²) >= 11 is 1.52. The molecule has 0 bridgehead atoms. The summed E-state index contributed by atoms with van der Waals surface area (Å²) in [5, 5.41) is 1.95. The second kappa shape index (κ2) is 8.34. The number of esters is 1. The quantitative estimate of drug-likeness (QED) is 0.338. The van der Waals surface area contributed by atoms with Crippen LogP contribution in [-0.4, -0.2) is 48.3 Å². The molecule has 0 fully saturated rings. The highest BCUT2D eigenvalue weighted by atomic mass is 32.1. The number of hydrogen-bond donors (Lipinski definition) is 0. The third kappa shape index (κ3) is 3.42. The van der Waals surface area contributed by atoms with Gasteiger partial charge >= 0.3 is 5.97 Å². The molecule has 7 nitrogen and oxygen atoms in total. The number of benzene rings is 1. The molecule has 0 saturated carbocycles. The van der Waals surface area contributed by atoms with Gasteiger partial charge in [0.2, 0.25) is 11.9 Å². The lowest BCUT2D eigenvalue weighted by Crippen LogP contribution is -2.50. The fourth-order valence-electron chi connectivity index (χ4n) is 3.84. The van der Waals surface area contributed by atoms with Gasteiger partial charge in [0.05, 0.1) is 23.7 Å². The van der Waals surface area contributed by atoms with Crippen molar-refractivity contribution in [1.29, 1.82) is 0 Å². The van der Waals surface area contributed by atoms with Gasteiger partial charge in [-0.2, -0.15) is 0 Å². The number of aromatic nitrogens is 2. The maximum Gasteiger partial charge on any atom is 0.321 e. The van der Waals surface area contributed by atoms with Crippen molar-refractivity contribution >= 4 is 40.2 Å². The van der Waals surface area contributed by atoms with Crippen LogP contribution in [0.5, 0.6) is 0 Å². The lowest BCUT2D eigenvalue weighted by molar-refractivity contribution is -0.153. The number of amides is 1. The van der Waals surface area contributed by atoms with Crippen LogP contribution < -0.4 is 4.90 Å². The van der Waals surface area contributed by atoms with Gasteiger partial charge in [0.25, 0.3) is 0 Å². The molecule has 0 N–H and O–H groups in total. The van der Waals surface area contributed by atoms with E-state index in [-0.39, 0.29) is 12.5 Å². The summed E-state index contributed by atoms with van der Waals surface area (Å²) in [6.45, 7) is 2.91. The zero-order valence-corrected chi connectivity index (χ0v) is 17.2. The average molecular weight is 413 g/mol. The first-order valence-electron chi connectivity index (χ1n) is 9.64. The summed E-state index contributed by atoms with van der Waals surface area (Å²) in [5.74, 6) is -1.18. The molecule has 1 aliphatic heterocycles. The third-order valence-electron chi connectivity index (χ3n) is 5.05. The molecular formula is C21H23N3O4S. The van der Waals surface area contributed by atoms with Gasteiger partial charge in [-0.1, -0.05) is 18.2 Å². The number of anilines is 1. The van der Waals surface area contributed by atoms with Crippen molar-refractivity contribution in [2.24, 2.45) is 5.92 Å². The molecular weight excluding hydrogens is 390 g/mol. The van der Waals surface area contributed by atoms with E-state index in [0.717, 1.165) is 15.9 Å². The van der Waals surface area contributed by atoms with Crippen LogP contribution >= 0.6 is 11.3 Å². The van der Waals surface area contributed by atoms with Crippen LogP contribution in [0.3, 0.4) is 0 Å². The Balaban J connectivity index is 1.91. The summed E-state index contributed by atoms with van der Waals surface area (Å²) in [6.07, 6.45) is 0.644. The van der Waals surface area contributed by atoms with Crippen LogP contribution in [0.2, 0.25) is 0 Å². The minimum Gasteiger partial charge on any atom is -0.465 e. The fraction of sp³-hybridized carbons (Fsp3) is 0.381. The molecule has 0 spiro atoms. The van der Waals surface area contributed by atoms with Crippen molar-refractivity contribution in [1.82, 2.24) is 9.55 Å². The maximum absolute atomic E-state index is 13.5. The summed E-state index contributed by atoms with van der Waals surface area (Å²) < 4.78 is 12.5. The normalized spacial score (nSPS) is 18.8. The van der Waals surface area contributed by atoms with E-state index in [1.807, 2.05) is 46.3 Å². The zero-order chi connectivity index (χ0) is 20.4. The van der Waals surface area contributed by atoms with Crippen LogP contribution in [0.25, 0.3) is 11.0 Å². The molecule has 152 valence electrons. The van der Waals surface area contributed by atoms with Crippen molar-refractivity contribution in [2.45, 2.75) is 19.4 Å². The Bertz CT molecular complexity index is 1010. The van der Waals surface area contributed by atoms with E-state index in [0.29, 0.717) is 25.5 Å². The molecule has 0 saturated heterocycles. The highest BCUT2D eigenvalue weighted by Crippen LogP contribution is 2.42. The van der Waals surface area contributed by atoms with Crippen LogP contribution in [-0.2, 0) is 19.1 Å². The van der Waals surface area contributed by atoms with Crippen molar-refractivity contribution in [2.75, 3.05) is 31.8 Å². The Morgan fingerprint density at radius 2 is 2.07 bits per heavy atom. The summed E-state index contributed by atoms with van der Waals surface area (Å²) in [5.41, 5.74) is 1.68. The van der Waals surface area contributed by atoms with Gasteiger partial charge < -0.3 is 9.47 Å². The van der Waals surface area contributed by atoms with E-state index < -0.39 is 17.9 Å². The number of carbonyl (C=O) groups is 2. The number of para-hydroxylation sites is 2. The Morgan fingerprint density at radius 3 is 2.79 bits per heavy atom. The molecule has 3 aromatic rings. The average Bonchev–Trinajstić information content (AvgIpc) is 3.37. The molecule has 1 aromatic carbocycles. The molecule has 8 heteroatoms. The number of imidazole rings is 1. The number of carbonyl (C=O) groups excluding carboxylic acids is 2. The number of nitrogens with zero attached hydrogens (tertiary/aromatic N) is 3. The predicted molar refractivity (Wildman–Crippen MR) is 111 cm³/mol. The molecule has 4 rings (SSSR count). The largest absolute Gasteiger partial charge is 0.465 e. The Labute approximate surface area is 172 Å². The van der Waals surface area contributed by atoms with Crippen LogP contribution in [0, 0.1) is 5.92 Å². The summed E-state index contributed by atoms with van der Waals surface area (Å²) in [4.78, 5) is 33.7. The zero-order valence-electron chi connectivity index (χ0n) is 16.4. The molecule has 1 aliphatic rings. The SMILES string of the molecule is CCOC(=O)C1C(=O)N(CCCOC)c2nc3ccccc3n2C1c1cccs1. The Hall–Kier alpha value is -2.71. The standard InChI is InChI=1S/C21H23N3O4S/c1-3-28-20(26)17-18(16-10-6-13-29-16)24-15-9-5-4-8-14(15)22-21(24)23(19(17)25)11-7-12-27-2/h4-6,8-10,13,17-18H,3,7,11-12H2,1-2H3. The van der Waals surface area contributed by atoms with Crippen molar-refractivity contribution in [3.63, 3.8) is 0 Å². The number of hydrogen-bond acceptors (Lipinski definition) is 6. The van der Waals surface area contributed by atoms with Gasteiger partial charge in [-0.3, -0.25) is 19.1 Å². The van der Waals surface area contributed by atoms with E-state index >= 15 is 0 Å². The lowest BCUT2D eigenvalue weighted by Gasteiger charge is -2.37. The van der Waals surface area contributed by atoms with E-state index in [2.05, 4.69) is 0 Å². The van der Waals surface area contributed by atoms with E-state index in [1.54, 1.807) is 18.9 Å². The second-order valence-electron chi connectivity index (χ2n) is 6.80. The van der Waals surface area contributed by atoms with Gasteiger partial charge in [-0.25, -0.2) is 4.98 Å². The molecule has 29 heavy (non-hydrogen) atoms. The number of thiophene rings is 1. The second-order valence-corrected chi connectivity index (χ2v) is 7.78. The van der Waals surface area contributed by atoms with E-state index in [4.69, 9.17) is 14.5 Å². The van der Waals surface area contributed by atoms with E-state index in [9.17, 15) is 9.59 Å². The highest BCUT2D eigenvalue weighted by molar-refractivity contribution is 7.10. The predicted octanol–water partition coefficient (Wildman–Crippen LogP) is 3.25. The molecule has 2 aromatic heterocycles. The topological polar surface area (TPSA) is 73.7 Å². The van der Waals surface area contributed by atoms with Gasteiger partial charge in [0.1, 0.15) is 0 Å². The van der Waals surface area contributed by atoms with Gasteiger partial charge in [0, 0.05) is 25.1 Å². The minimum absolute atomic E-state index is 0.223. The molecule has 3 heterocycles. The van der Waals surface area contributed by atoms with E-state index in [1.165, 1.54) is 11.3 Å². The maximum atomic E-state index is 13.5. The summed E-state index contributed by atoms with van der Waals surface area (Å²) in [7, 11) is 1.63. The van der Waals surface area contributed by atoms with Gasteiger partial charge in [-0.05, 0) is 36.9 Å². The fourth-order valence-corrected chi connectivity index (χ4v) is 4.69.